The Morgan fingerprint density at radius 3 is 2.47 bits per heavy atom. The van der Waals surface area contributed by atoms with E-state index in [0.717, 1.165) is 17.4 Å². The fourth-order valence-electron chi connectivity index (χ4n) is 2.26. The van der Waals surface area contributed by atoms with Crippen LogP contribution in [0.25, 0.3) is 11.0 Å². The van der Waals surface area contributed by atoms with E-state index in [2.05, 4.69) is 12.1 Å². The van der Waals surface area contributed by atoms with Crippen molar-refractivity contribution in [2.45, 2.75) is 18.9 Å². The number of aliphatic hydroxyl groups is 1. The van der Waals surface area contributed by atoms with Gasteiger partial charge in [-0.25, -0.2) is 0 Å². The van der Waals surface area contributed by atoms with Gasteiger partial charge in [-0.15, -0.1) is 0 Å². The van der Waals surface area contributed by atoms with Crippen molar-refractivity contribution in [3.8, 4) is 0 Å². The number of para-hydroxylation sites is 1. The molecule has 1 aromatic heterocycles. The first-order valence-corrected chi connectivity index (χ1v) is 6.53. The van der Waals surface area contributed by atoms with Crippen LogP contribution in [0.1, 0.15) is 23.8 Å². The van der Waals surface area contributed by atoms with Crippen LogP contribution in [-0.2, 0) is 6.42 Å². The summed E-state index contributed by atoms with van der Waals surface area (Å²) in [5.74, 6) is 0.650. The molecule has 3 rings (SSSR count). The molecule has 1 N–H and O–H groups in total. The lowest BCUT2D eigenvalue weighted by Crippen LogP contribution is -1.97. The van der Waals surface area contributed by atoms with Crippen molar-refractivity contribution in [3.05, 3.63) is 72.0 Å². The van der Waals surface area contributed by atoms with Gasteiger partial charge >= 0.3 is 0 Å². The second-order valence-corrected chi connectivity index (χ2v) is 4.73. The topological polar surface area (TPSA) is 33.4 Å². The molecular weight excluding hydrogens is 236 g/mol. The minimum Gasteiger partial charge on any atom is -0.458 e. The molecule has 0 fully saturated rings. The van der Waals surface area contributed by atoms with Crippen LogP contribution in [-0.4, -0.2) is 5.11 Å². The van der Waals surface area contributed by atoms with Gasteiger partial charge in [0.15, 0.2) is 0 Å². The number of hydrogen-bond acceptors (Lipinski definition) is 2. The molecule has 19 heavy (non-hydrogen) atoms. The van der Waals surface area contributed by atoms with E-state index in [-0.39, 0.29) is 0 Å². The summed E-state index contributed by atoms with van der Waals surface area (Å²) in [5, 5.41) is 11.2. The van der Waals surface area contributed by atoms with Crippen LogP contribution in [0.4, 0.5) is 0 Å². The zero-order chi connectivity index (χ0) is 13.1. The Morgan fingerprint density at radius 2 is 1.68 bits per heavy atom. The van der Waals surface area contributed by atoms with E-state index < -0.39 is 6.10 Å². The maximum absolute atomic E-state index is 10.2. The fourth-order valence-corrected chi connectivity index (χ4v) is 2.26. The molecule has 1 heterocycles. The van der Waals surface area contributed by atoms with Gasteiger partial charge in [0, 0.05) is 5.39 Å². The monoisotopic (exact) mass is 252 g/mol. The highest BCUT2D eigenvalue weighted by Gasteiger charge is 2.13. The highest BCUT2D eigenvalue weighted by atomic mass is 16.4. The van der Waals surface area contributed by atoms with Gasteiger partial charge in [0.05, 0.1) is 0 Å². The molecule has 1 atom stereocenters. The van der Waals surface area contributed by atoms with E-state index in [1.165, 1.54) is 5.56 Å². The van der Waals surface area contributed by atoms with Gasteiger partial charge in [-0.05, 0) is 30.5 Å². The summed E-state index contributed by atoms with van der Waals surface area (Å²) in [7, 11) is 0. The Bertz CT molecular complexity index is 622. The Balaban J connectivity index is 1.71. The van der Waals surface area contributed by atoms with Crippen LogP contribution >= 0.6 is 0 Å². The number of benzene rings is 2. The first kappa shape index (κ1) is 12.0. The minimum atomic E-state index is -0.549. The maximum atomic E-state index is 10.2. The average Bonchev–Trinajstić information content (AvgIpc) is 2.90. The second kappa shape index (κ2) is 5.29. The van der Waals surface area contributed by atoms with E-state index in [0.29, 0.717) is 12.2 Å². The van der Waals surface area contributed by atoms with E-state index in [9.17, 15) is 5.11 Å². The molecular formula is C17H16O2. The van der Waals surface area contributed by atoms with Crippen molar-refractivity contribution in [2.75, 3.05) is 0 Å². The largest absolute Gasteiger partial charge is 0.458 e. The van der Waals surface area contributed by atoms with E-state index in [1.807, 2.05) is 48.5 Å². The van der Waals surface area contributed by atoms with Crippen LogP contribution in [0.3, 0.4) is 0 Å². The van der Waals surface area contributed by atoms with Crippen molar-refractivity contribution >= 4 is 11.0 Å². The van der Waals surface area contributed by atoms with Gasteiger partial charge in [-0.3, -0.25) is 0 Å². The average molecular weight is 252 g/mol. The first-order valence-electron chi connectivity index (χ1n) is 6.53. The van der Waals surface area contributed by atoms with Crippen molar-refractivity contribution in [1.82, 2.24) is 0 Å². The Morgan fingerprint density at radius 1 is 0.947 bits per heavy atom. The summed E-state index contributed by atoms with van der Waals surface area (Å²) in [4.78, 5) is 0. The number of hydrogen-bond donors (Lipinski definition) is 1. The Hall–Kier alpha value is -2.06. The molecule has 1 unspecified atom stereocenters. The summed E-state index contributed by atoms with van der Waals surface area (Å²) in [6, 6.07) is 19.9. The Kier molecular flexibility index (Phi) is 3.34. The molecule has 0 aliphatic rings. The molecule has 0 saturated carbocycles. The van der Waals surface area contributed by atoms with Crippen LogP contribution in [0.15, 0.2) is 65.1 Å². The van der Waals surface area contributed by atoms with Gasteiger partial charge in [0.25, 0.3) is 0 Å². The number of fused-ring (bicyclic) bond motifs is 1. The zero-order valence-electron chi connectivity index (χ0n) is 10.6. The lowest BCUT2D eigenvalue weighted by molar-refractivity contribution is 0.143. The van der Waals surface area contributed by atoms with Gasteiger partial charge in [-0.1, -0.05) is 48.5 Å². The van der Waals surface area contributed by atoms with Crippen LogP contribution < -0.4 is 0 Å². The van der Waals surface area contributed by atoms with Crippen LogP contribution in [0.2, 0.25) is 0 Å². The van der Waals surface area contributed by atoms with Gasteiger partial charge < -0.3 is 9.52 Å². The molecule has 2 nitrogen and oxygen atoms in total. The summed E-state index contributed by atoms with van der Waals surface area (Å²) in [6.07, 6.45) is 0.968. The zero-order valence-corrected chi connectivity index (χ0v) is 10.6. The molecule has 2 heteroatoms. The smallest absolute Gasteiger partial charge is 0.134 e. The van der Waals surface area contributed by atoms with E-state index >= 15 is 0 Å². The third kappa shape index (κ3) is 2.69. The van der Waals surface area contributed by atoms with E-state index in [4.69, 9.17) is 4.42 Å². The van der Waals surface area contributed by atoms with E-state index in [1.54, 1.807) is 0 Å². The summed E-state index contributed by atoms with van der Waals surface area (Å²) < 4.78 is 5.67. The number of furan rings is 1. The highest BCUT2D eigenvalue weighted by Crippen LogP contribution is 2.26. The fraction of sp³-hybridized carbons (Fsp3) is 0.176. The number of rotatable bonds is 4. The third-order valence-electron chi connectivity index (χ3n) is 3.32. The highest BCUT2D eigenvalue weighted by molar-refractivity contribution is 5.77. The first-order chi connectivity index (χ1) is 9.33. The second-order valence-electron chi connectivity index (χ2n) is 4.73. The van der Waals surface area contributed by atoms with Crippen molar-refractivity contribution in [2.24, 2.45) is 0 Å². The standard InChI is InChI=1S/C17H16O2/c18-15(11-10-13-6-2-1-3-7-13)17-12-14-8-4-5-9-16(14)19-17/h1-9,12,15,18H,10-11H2. The maximum Gasteiger partial charge on any atom is 0.134 e. The molecule has 0 aliphatic heterocycles. The van der Waals surface area contributed by atoms with Gasteiger partial charge in [0.1, 0.15) is 17.4 Å². The summed E-state index contributed by atoms with van der Waals surface area (Å²) in [6.45, 7) is 0. The molecule has 0 bridgehead atoms. The molecule has 3 aromatic rings. The number of aliphatic hydroxyl groups excluding tert-OH is 1. The predicted molar refractivity (Wildman–Crippen MR) is 75.9 cm³/mol. The molecule has 0 radical (unpaired) electrons. The molecule has 0 amide bonds. The predicted octanol–water partition coefficient (Wildman–Crippen LogP) is 4.10. The normalized spacial score (nSPS) is 12.7. The van der Waals surface area contributed by atoms with Crippen molar-refractivity contribution < 1.29 is 9.52 Å². The van der Waals surface area contributed by atoms with Crippen molar-refractivity contribution in [1.29, 1.82) is 0 Å². The summed E-state index contributed by atoms with van der Waals surface area (Å²) >= 11 is 0. The minimum absolute atomic E-state index is 0.549. The molecule has 0 spiro atoms. The summed E-state index contributed by atoms with van der Waals surface area (Å²) in [5.41, 5.74) is 2.06. The Labute approximate surface area is 112 Å². The SMILES string of the molecule is OC(CCc1ccccc1)c1cc2ccccc2o1. The quantitative estimate of drug-likeness (QED) is 0.758. The van der Waals surface area contributed by atoms with Crippen LogP contribution in [0.5, 0.6) is 0 Å². The lowest BCUT2D eigenvalue weighted by atomic mass is 10.1. The van der Waals surface area contributed by atoms with Gasteiger partial charge in [0.2, 0.25) is 0 Å². The molecule has 0 saturated heterocycles. The van der Waals surface area contributed by atoms with Crippen molar-refractivity contribution in [3.63, 3.8) is 0 Å². The van der Waals surface area contributed by atoms with Gasteiger partial charge in [-0.2, -0.15) is 0 Å². The number of aryl methyl sites for hydroxylation is 1. The van der Waals surface area contributed by atoms with Crippen LogP contribution in [0, 0.1) is 0 Å². The molecule has 96 valence electrons. The molecule has 2 aromatic carbocycles. The molecule has 0 aliphatic carbocycles. The lowest BCUT2D eigenvalue weighted by Gasteiger charge is -2.07. The third-order valence-corrected chi connectivity index (χ3v) is 3.32.